The zero-order valence-electron chi connectivity index (χ0n) is 14.6. The van der Waals surface area contributed by atoms with Crippen molar-refractivity contribution in [3.05, 3.63) is 71.3 Å². The Morgan fingerprint density at radius 3 is 1.62 bits per heavy atom. The lowest BCUT2D eigenvalue weighted by atomic mass is 9.96. The Balaban J connectivity index is 1.84. The van der Waals surface area contributed by atoms with Crippen molar-refractivity contribution < 1.29 is 18.7 Å². The van der Waals surface area contributed by atoms with E-state index in [0.29, 0.717) is 26.2 Å². The van der Waals surface area contributed by atoms with E-state index in [1.807, 2.05) is 4.90 Å². The third-order valence-electron chi connectivity index (χ3n) is 4.99. The third-order valence-corrected chi connectivity index (χ3v) is 4.99. The van der Waals surface area contributed by atoms with Gasteiger partial charge < -0.3 is 5.11 Å². The van der Waals surface area contributed by atoms with Crippen molar-refractivity contribution in [3.63, 3.8) is 0 Å². The van der Waals surface area contributed by atoms with E-state index in [4.69, 9.17) is 0 Å². The molecular formula is C20H22F2N2O2. The molecule has 1 aliphatic heterocycles. The van der Waals surface area contributed by atoms with E-state index < -0.39 is 12.0 Å². The fourth-order valence-electron chi connectivity index (χ4n) is 3.44. The second-order valence-electron chi connectivity index (χ2n) is 6.59. The molecule has 0 radical (unpaired) electrons. The maximum absolute atomic E-state index is 13.3. The van der Waals surface area contributed by atoms with Crippen LogP contribution in [0.5, 0.6) is 0 Å². The molecule has 26 heavy (non-hydrogen) atoms. The van der Waals surface area contributed by atoms with Crippen LogP contribution in [0.15, 0.2) is 48.5 Å². The molecule has 1 saturated heterocycles. The Kier molecular flexibility index (Phi) is 5.64. The number of carbonyl (C=O) groups is 1. The van der Waals surface area contributed by atoms with E-state index in [-0.39, 0.29) is 17.7 Å². The van der Waals surface area contributed by atoms with Gasteiger partial charge in [0.1, 0.15) is 17.7 Å². The predicted molar refractivity (Wildman–Crippen MR) is 94.9 cm³/mol. The molecule has 0 saturated carbocycles. The van der Waals surface area contributed by atoms with Crippen LogP contribution in [-0.4, -0.2) is 53.1 Å². The molecule has 2 aromatic carbocycles. The molecule has 1 heterocycles. The van der Waals surface area contributed by atoms with Crippen molar-refractivity contribution in [2.75, 3.05) is 26.2 Å². The second-order valence-corrected chi connectivity index (χ2v) is 6.59. The summed E-state index contributed by atoms with van der Waals surface area (Å²) in [6, 6.07) is 12.0. The number of aliphatic carboxylic acids is 1. The molecule has 0 spiro atoms. The SMILES string of the molecule is CC(C(=O)O)N1CCN(C(c2ccc(F)cc2)c2ccc(F)cc2)CC1. The van der Waals surface area contributed by atoms with Crippen LogP contribution < -0.4 is 0 Å². The van der Waals surface area contributed by atoms with Gasteiger partial charge in [-0.25, -0.2) is 8.78 Å². The summed E-state index contributed by atoms with van der Waals surface area (Å²) >= 11 is 0. The Labute approximate surface area is 151 Å². The standard InChI is InChI=1S/C20H22F2N2O2/c1-14(20(25)26)23-10-12-24(13-11-23)19(15-2-6-17(21)7-3-15)16-4-8-18(22)9-5-16/h2-9,14,19H,10-13H2,1H3,(H,25,26). The van der Waals surface area contributed by atoms with Gasteiger partial charge in [-0.2, -0.15) is 0 Å². The average Bonchev–Trinajstić information content (AvgIpc) is 2.65. The van der Waals surface area contributed by atoms with Gasteiger partial charge in [-0.05, 0) is 42.3 Å². The lowest BCUT2D eigenvalue weighted by Gasteiger charge is -2.41. The molecule has 138 valence electrons. The summed E-state index contributed by atoms with van der Waals surface area (Å²) < 4.78 is 26.7. The fourth-order valence-corrected chi connectivity index (χ4v) is 3.44. The maximum Gasteiger partial charge on any atom is 0.320 e. The lowest BCUT2D eigenvalue weighted by Crippen LogP contribution is -2.52. The molecular weight excluding hydrogens is 338 g/mol. The van der Waals surface area contributed by atoms with Gasteiger partial charge in [0.25, 0.3) is 0 Å². The van der Waals surface area contributed by atoms with E-state index in [2.05, 4.69) is 4.90 Å². The summed E-state index contributed by atoms with van der Waals surface area (Å²) in [5.41, 5.74) is 1.86. The first-order valence-corrected chi connectivity index (χ1v) is 8.67. The van der Waals surface area contributed by atoms with Crippen LogP contribution in [0.1, 0.15) is 24.1 Å². The van der Waals surface area contributed by atoms with Crippen molar-refractivity contribution >= 4 is 5.97 Å². The van der Waals surface area contributed by atoms with Gasteiger partial charge in [0.05, 0.1) is 6.04 Å². The first kappa shape index (κ1) is 18.5. The van der Waals surface area contributed by atoms with Crippen LogP contribution in [0, 0.1) is 11.6 Å². The normalized spacial score (nSPS) is 17.4. The van der Waals surface area contributed by atoms with E-state index in [9.17, 15) is 18.7 Å². The van der Waals surface area contributed by atoms with Gasteiger partial charge in [-0.15, -0.1) is 0 Å². The first-order valence-electron chi connectivity index (χ1n) is 8.67. The number of hydrogen-bond donors (Lipinski definition) is 1. The van der Waals surface area contributed by atoms with Crippen molar-refractivity contribution in [1.82, 2.24) is 9.80 Å². The highest BCUT2D eigenvalue weighted by Gasteiger charge is 2.30. The summed E-state index contributed by atoms with van der Waals surface area (Å²) in [6.45, 7) is 4.31. The Morgan fingerprint density at radius 1 is 0.846 bits per heavy atom. The number of carboxylic acid groups (broad SMARTS) is 1. The van der Waals surface area contributed by atoms with Gasteiger partial charge in [0, 0.05) is 26.2 Å². The van der Waals surface area contributed by atoms with Gasteiger partial charge in [0.2, 0.25) is 0 Å². The number of halogens is 2. The van der Waals surface area contributed by atoms with Crippen molar-refractivity contribution in [1.29, 1.82) is 0 Å². The van der Waals surface area contributed by atoms with Crippen LogP contribution >= 0.6 is 0 Å². The van der Waals surface area contributed by atoms with Crippen LogP contribution in [0.25, 0.3) is 0 Å². The lowest BCUT2D eigenvalue weighted by molar-refractivity contribution is -0.143. The Bertz CT molecular complexity index is 696. The minimum atomic E-state index is -0.827. The topological polar surface area (TPSA) is 43.8 Å². The van der Waals surface area contributed by atoms with E-state index in [0.717, 1.165) is 11.1 Å². The highest BCUT2D eigenvalue weighted by Crippen LogP contribution is 2.30. The van der Waals surface area contributed by atoms with Crippen molar-refractivity contribution in [2.45, 2.75) is 19.0 Å². The summed E-state index contributed by atoms with van der Waals surface area (Å²) in [4.78, 5) is 15.4. The minimum Gasteiger partial charge on any atom is -0.480 e. The summed E-state index contributed by atoms with van der Waals surface area (Å²) in [6.07, 6.45) is 0. The molecule has 0 aromatic heterocycles. The molecule has 1 atom stereocenters. The molecule has 3 rings (SSSR count). The fraction of sp³-hybridized carbons (Fsp3) is 0.350. The molecule has 1 aliphatic rings. The highest BCUT2D eigenvalue weighted by atomic mass is 19.1. The van der Waals surface area contributed by atoms with Crippen LogP contribution in [0.3, 0.4) is 0 Å². The number of piperazine rings is 1. The molecule has 4 nitrogen and oxygen atoms in total. The number of rotatable bonds is 5. The Morgan fingerprint density at radius 2 is 1.23 bits per heavy atom. The van der Waals surface area contributed by atoms with E-state index in [1.54, 1.807) is 31.2 Å². The molecule has 6 heteroatoms. The average molecular weight is 360 g/mol. The molecule has 0 bridgehead atoms. The van der Waals surface area contributed by atoms with Gasteiger partial charge in [-0.1, -0.05) is 24.3 Å². The molecule has 2 aromatic rings. The summed E-state index contributed by atoms with van der Waals surface area (Å²) in [7, 11) is 0. The largest absolute Gasteiger partial charge is 0.480 e. The minimum absolute atomic E-state index is 0.126. The number of hydrogen-bond acceptors (Lipinski definition) is 3. The molecule has 0 aliphatic carbocycles. The van der Waals surface area contributed by atoms with Gasteiger partial charge in [-0.3, -0.25) is 14.6 Å². The van der Waals surface area contributed by atoms with Crippen LogP contribution in [-0.2, 0) is 4.79 Å². The van der Waals surface area contributed by atoms with Crippen molar-refractivity contribution in [3.8, 4) is 0 Å². The zero-order valence-corrected chi connectivity index (χ0v) is 14.6. The van der Waals surface area contributed by atoms with Crippen LogP contribution in [0.2, 0.25) is 0 Å². The summed E-state index contributed by atoms with van der Waals surface area (Å²) in [5, 5.41) is 9.19. The Hall–Kier alpha value is -2.31. The number of carboxylic acids is 1. The number of benzene rings is 2. The molecule has 0 amide bonds. The van der Waals surface area contributed by atoms with E-state index >= 15 is 0 Å². The maximum atomic E-state index is 13.3. The van der Waals surface area contributed by atoms with E-state index in [1.165, 1.54) is 24.3 Å². The quantitative estimate of drug-likeness (QED) is 0.890. The van der Waals surface area contributed by atoms with Gasteiger partial charge in [0.15, 0.2) is 0 Å². The monoisotopic (exact) mass is 360 g/mol. The third kappa shape index (κ3) is 4.08. The number of nitrogens with zero attached hydrogens (tertiary/aromatic N) is 2. The smallest absolute Gasteiger partial charge is 0.320 e. The molecule has 1 N–H and O–H groups in total. The zero-order chi connectivity index (χ0) is 18.7. The van der Waals surface area contributed by atoms with Gasteiger partial charge >= 0.3 is 5.97 Å². The highest BCUT2D eigenvalue weighted by molar-refractivity contribution is 5.72. The molecule has 1 fully saturated rings. The summed E-state index contributed by atoms with van der Waals surface area (Å²) in [5.74, 6) is -1.43. The predicted octanol–water partition coefficient (Wildman–Crippen LogP) is 3.14. The van der Waals surface area contributed by atoms with Crippen LogP contribution in [0.4, 0.5) is 8.78 Å². The second kappa shape index (κ2) is 7.93. The molecule has 1 unspecified atom stereocenters. The first-order chi connectivity index (χ1) is 12.5. The van der Waals surface area contributed by atoms with Crippen molar-refractivity contribution in [2.24, 2.45) is 0 Å².